The predicted octanol–water partition coefficient (Wildman–Crippen LogP) is 4.41. The fourth-order valence-corrected chi connectivity index (χ4v) is 5.59. The van der Waals surface area contributed by atoms with Gasteiger partial charge in [0.1, 0.15) is 12.6 Å². The molecular formula is C29H34ClN3O6S. The number of nitrogens with zero attached hydrogens (tertiary/aromatic N) is 2. The van der Waals surface area contributed by atoms with Crippen molar-refractivity contribution < 1.29 is 27.5 Å². The van der Waals surface area contributed by atoms with Gasteiger partial charge in [0.25, 0.3) is 10.0 Å². The van der Waals surface area contributed by atoms with Crippen molar-refractivity contribution in [2.24, 2.45) is 0 Å². The molecule has 40 heavy (non-hydrogen) atoms. The van der Waals surface area contributed by atoms with E-state index >= 15 is 0 Å². The fraction of sp³-hybridized carbons (Fsp3) is 0.310. The van der Waals surface area contributed by atoms with Crippen LogP contribution in [0.15, 0.2) is 71.6 Å². The van der Waals surface area contributed by atoms with Gasteiger partial charge in [-0.3, -0.25) is 13.9 Å². The summed E-state index contributed by atoms with van der Waals surface area (Å²) in [4.78, 5) is 28.0. The lowest BCUT2D eigenvalue weighted by molar-refractivity contribution is -0.139. The molecule has 3 rings (SSSR count). The van der Waals surface area contributed by atoms with E-state index in [4.69, 9.17) is 21.1 Å². The van der Waals surface area contributed by atoms with Gasteiger partial charge in [0.15, 0.2) is 11.5 Å². The number of carbonyl (C=O) groups is 2. The molecular weight excluding hydrogens is 554 g/mol. The Kier molecular flexibility index (Phi) is 10.4. The number of likely N-dealkylation sites (N-methyl/N-ethyl adjacent to an activating group) is 1. The smallest absolute Gasteiger partial charge is 0.264 e. The van der Waals surface area contributed by atoms with E-state index in [9.17, 15) is 18.0 Å². The Morgan fingerprint density at radius 1 is 0.950 bits per heavy atom. The zero-order valence-corrected chi connectivity index (χ0v) is 24.8. The minimum atomic E-state index is -4.26. The van der Waals surface area contributed by atoms with Crippen LogP contribution in [0.4, 0.5) is 5.69 Å². The highest BCUT2D eigenvalue weighted by atomic mass is 35.5. The van der Waals surface area contributed by atoms with Crippen LogP contribution in [0.1, 0.15) is 25.0 Å². The van der Waals surface area contributed by atoms with Crippen LogP contribution < -0.4 is 19.1 Å². The van der Waals surface area contributed by atoms with E-state index in [1.165, 1.54) is 37.3 Å². The molecule has 11 heteroatoms. The van der Waals surface area contributed by atoms with Gasteiger partial charge in [-0.1, -0.05) is 41.4 Å². The second-order valence-corrected chi connectivity index (χ2v) is 11.4. The highest BCUT2D eigenvalue weighted by molar-refractivity contribution is 7.92. The zero-order chi connectivity index (χ0) is 29.4. The number of rotatable bonds is 12. The van der Waals surface area contributed by atoms with Crippen molar-refractivity contribution >= 4 is 39.1 Å². The first-order valence-electron chi connectivity index (χ1n) is 12.6. The summed E-state index contributed by atoms with van der Waals surface area (Å²) in [6.07, 6.45) is 0. The van der Waals surface area contributed by atoms with Crippen molar-refractivity contribution in [2.75, 3.05) is 31.6 Å². The van der Waals surface area contributed by atoms with E-state index in [0.717, 1.165) is 15.4 Å². The molecule has 1 N–H and O–H groups in total. The van der Waals surface area contributed by atoms with Crippen LogP contribution in [0.2, 0.25) is 5.02 Å². The number of carbonyl (C=O) groups excluding carboxylic acids is 2. The fourth-order valence-electron chi connectivity index (χ4n) is 4.04. The summed E-state index contributed by atoms with van der Waals surface area (Å²) in [6, 6.07) is 17.1. The number of hydrogen-bond donors (Lipinski definition) is 1. The molecule has 1 atom stereocenters. The number of nitrogens with one attached hydrogen (secondary N) is 1. The quantitative estimate of drug-likeness (QED) is 0.336. The third-order valence-corrected chi connectivity index (χ3v) is 8.35. The number of halogens is 1. The first-order valence-corrected chi connectivity index (χ1v) is 14.5. The van der Waals surface area contributed by atoms with E-state index in [0.29, 0.717) is 23.0 Å². The monoisotopic (exact) mass is 587 g/mol. The van der Waals surface area contributed by atoms with Gasteiger partial charge in [-0.25, -0.2) is 8.42 Å². The van der Waals surface area contributed by atoms with Crippen LogP contribution in [0.5, 0.6) is 11.5 Å². The summed E-state index contributed by atoms with van der Waals surface area (Å²) < 4.78 is 39.6. The second-order valence-electron chi connectivity index (χ2n) is 9.08. The predicted molar refractivity (Wildman–Crippen MR) is 155 cm³/mol. The molecule has 0 aliphatic rings. The van der Waals surface area contributed by atoms with Gasteiger partial charge >= 0.3 is 0 Å². The van der Waals surface area contributed by atoms with E-state index in [-0.39, 0.29) is 23.1 Å². The molecule has 0 spiro atoms. The maximum atomic E-state index is 14.0. The number of amides is 2. The molecule has 0 heterocycles. The first-order chi connectivity index (χ1) is 19.0. The normalized spacial score (nSPS) is 11.8. The van der Waals surface area contributed by atoms with Crippen LogP contribution in [0, 0.1) is 6.92 Å². The van der Waals surface area contributed by atoms with Gasteiger partial charge in [-0.05, 0) is 62.7 Å². The number of hydrogen-bond acceptors (Lipinski definition) is 6. The summed E-state index contributed by atoms with van der Waals surface area (Å²) >= 11 is 6.03. The molecule has 3 aromatic rings. The average Bonchev–Trinajstić information content (AvgIpc) is 2.95. The zero-order valence-electron chi connectivity index (χ0n) is 23.2. The van der Waals surface area contributed by atoms with Gasteiger partial charge in [-0.2, -0.15) is 0 Å². The van der Waals surface area contributed by atoms with Crippen molar-refractivity contribution in [2.45, 2.75) is 38.3 Å². The Bertz CT molecular complexity index is 1430. The third-order valence-electron chi connectivity index (χ3n) is 6.33. The first kappa shape index (κ1) is 30.8. The van der Waals surface area contributed by atoms with Crippen molar-refractivity contribution in [1.82, 2.24) is 10.2 Å². The maximum absolute atomic E-state index is 14.0. The van der Waals surface area contributed by atoms with Crippen molar-refractivity contribution in [1.29, 1.82) is 0 Å². The highest BCUT2D eigenvalue weighted by Gasteiger charge is 2.33. The van der Waals surface area contributed by atoms with Gasteiger partial charge in [0, 0.05) is 24.2 Å². The molecule has 0 bridgehead atoms. The largest absolute Gasteiger partial charge is 0.493 e. The molecule has 214 valence electrons. The highest BCUT2D eigenvalue weighted by Crippen LogP contribution is 2.32. The number of methoxy groups -OCH3 is 2. The Balaban J connectivity index is 2.06. The van der Waals surface area contributed by atoms with E-state index < -0.39 is 28.5 Å². The molecule has 9 nitrogen and oxygen atoms in total. The van der Waals surface area contributed by atoms with Crippen molar-refractivity contribution in [3.8, 4) is 11.5 Å². The van der Waals surface area contributed by atoms with Crippen molar-refractivity contribution in [3.05, 3.63) is 82.9 Å². The molecule has 0 saturated carbocycles. The van der Waals surface area contributed by atoms with Gasteiger partial charge < -0.3 is 19.7 Å². The van der Waals surface area contributed by atoms with Crippen LogP contribution in [-0.2, 0) is 26.2 Å². The Morgan fingerprint density at radius 2 is 1.57 bits per heavy atom. The molecule has 2 amide bonds. The number of sulfonamides is 1. The molecule has 1 unspecified atom stereocenters. The molecule has 0 saturated heterocycles. The van der Waals surface area contributed by atoms with Crippen LogP contribution in [0.25, 0.3) is 0 Å². The molecule has 0 aliphatic carbocycles. The minimum absolute atomic E-state index is 0.0758. The molecule has 0 aliphatic heterocycles. The standard InChI is InChI=1S/C29H34ClN3O6S/c1-6-31-29(35)21(3)32(18-22-9-11-23(30)12-10-22)28(34)19-33(24-13-7-20(2)8-14-24)40(36,37)25-15-16-26(38-4)27(17-25)39-5/h7-17,21H,6,18-19H2,1-5H3,(H,31,35). The summed E-state index contributed by atoms with van der Waals surface area (Å²) in [5, 5.41) is 3.27. The van der Waals surface area contributed by atoms with Gasteiger partial charge in [-0.15, -0.1) is 0 Å². The molecule has 0 fully saturated rings. The molecule has 0 aromatic heterocycles. The summed E-state index contributed by atoms with van der Waals surface area (Å²) in [6.45, 7) is 5.19. The molecule has 0 radical (unpaired) electrons. The summed E-state index contributed by atoms with van der Waals surface area (Å²) in [7, 11) is -1.39. The van der Waals surface area contributed by atoms with Gasteiger partial charge in [0.05, 0.1) is 24.8 Å². The lowest BCUT2D eigenvalue weighted by Crippen LogP contribution is -2.51. The Labute approximate surface area is 240 Å². The average molecular weight is 588 g/mol. The van der Waals surface area contributed by atoms with Crippen LogP contribution in [-0.4, -0.2) is 58.5 Å². The van der Waals surface area contributed by atoms with Gasteiger partial charge in [0.2, 0.25) is 11.8 Å². The minimum Gasteiger partial charge on any atom is -0.493 e. The van der Waals surface area contributed by atoms with E-state index in [1.54, 1.807) is 62.4 Å². The number of aryl methyl sites for hydroxylation is 1. The second kappa shape index (κ2) is 13.5. The SMILES string of the molecule is CCNC(=O)C(C)N(Cc1ccc(Cl)cc1)C(=O)CN(c1ccc(C)cc1)S(=O)(=O)c1ccc(OC)c(OC)c1. The van der Waals surface area contributed by atoms with Crippen LogP contribution in [0.3, 0.4) is 0 Å². The van der Waals surface area contributed by atoms with Crippen LogP contribution >= 0.6 is 11.6 Å². The molecule has 3 aromatic carbocycles. The Morgan fingerprint density at radius 3 is 2.15 bits per heavy atom. The number of benzene rings is 3. The van der Waals surface area contributed by atoms with Crippen molar-refractivity contribution in [3.63, 3.8) is 0 Å². The lowest BCUT2D eigenvalue weighted by Gasteiger charge is -2.32. The van der Waals surface area contributed by atoms with E-state index in [2.05, 4.69) is 5.32 Å². The maximum Gasteiger partial charge on any atom is 0.264 e. The summed E-state index contributed by atoms with van der Waals surface area (Å²) in [5.74, 6) is -0.315. The topological polar surface area (TPSA) is 105 Å². The third kappa shape index (κ3) is 7.25. The number of ether oxygens (including phenoxy) is 2. The summed E-state index contributed by atoms with van der Waals surface area (Å²) in [5.41, 5.74) is 1.96. The lowest BCUT2D eigenvalue weighted by atomic mass is 10.1. The Hall–Kier alpha value is -3.76. The number of anilines is 1. The van der Waals surface area contributed by atoms with E-state index in [1.807, 2.05) is 6.92 Å².